The number of fused-ring (bicyclic) bond motifs is 3. The third-order valence-electron chi connectivity index (χ3n) is 7.03. The molecule has 152 valence electrons. The minimum Gasteiger partial charge on any atom is -0.368 e. The van der Waals surface area contributed by atoms with Crippen molar-refractivity contribution < 1.29 is 4.79 Å². The molecule has 1 saturated carbocycles. The van der Waals surface area contributed by atoms with Crippen molar-refractivity contribution in [3.05, 3.63) is 60.2 Å². The molecule has 1 amide bonds. The molecule has 2 aromatic rings. The number of benzene rings is 2. The van der Waals surface area contributed by atoms with Gasteiger partial charge in [0.05, 0.1) is 12.0 Å². The number of hydrogen-bond acceptors (Lipinski definition) is 3. The van der Waals surface area contributed by atoms with Gasteiger partial charge in [0.2, 0.25) is 5.91 Å². The van der Waals surface area contributed by atoms with Crippen LogP contribution in [0.15, 0.2) is 54.6 Å². The van der Waals surface area contributed by atoms with Gasteiger partial charge in [0.1, 0.15) is 0 Å². The van der Waals surface area contributed by atoms with E-state index in [0.717, 1.165) is 38.9 Å². The summed E-state index contributed by atoms with van der Waals surface area (Å²) in [4.78, 5) is 18.4. The van der Waals surface area contributed by atoms with Gasteiger partial charge in [0, 0.05) is 37.1 Å². The van der Waals surface area contributed by atoms with E-state index < -0.39 is 0 Å². The monoisotopic (exact) mass is 389 g/mol. The SMILES string of the molecule is O=C(NC1CCCCC1)[C@H]1Cc2ccccc2N2CCN(c3ccccc3)C[C@@H]12. The fourth-order valence-electron chi connectivity index (χ4n) is 5.49. The number of para-hydroxylation sites is 2. The molecule has 4 nitrogen and oxygen atoms in total. The van der Waals surface area contributed by atoms with Gasteiger partial charge >= 0.3 is 0 Å². The summed E-state index contributed by atoms with van der Waals surface area (Å²) in [5, 5.41) is 3.42. The second kappa shape index (κ2) is 8.10. The summed E-state index contributed by atoms with van der Waals surface area (Å²) in [6.07, 6.45) is 6.93. The summed E-state index contributed by atoms with van der Waals surface area (Å²) in [7, 11) is 0. The molecule has 0 unspecified atom stereocenters. The molecule has 3 aliphatic rings. The Morgan fingerprint density at radius 2 is 1.66 bits per heavy atom. The lowest BCUT2D eigenvalue weighted by Gasteiger charge is -2.50. The number of nitrogens with one attached hydrogen (secondary N) is 1. The molecule has 0 aromatic heterocycles. The van der Waals surface area contributed by atoms with Crippen molar-refractivity contribution in [3.63, 3.8) is 0 Å². The highest BCUT2D eigenvalue weighted by molar-refractivity contribution is 5.82. The van der Waals surface area contributed by atoms with Gasteiger partial charge < -0.3 is 15.1 Å². The molecule has 2 aliphatic heterocycles. The van der Waals surface area contributed by atoms with Crippen molar-refractivity contribution in [1.82, 2.24) is 5.32 Å². The zero-order valence-electron chi connectivity index (χ0n) is 17.1. The average Bonchev–Trinajstić information content (AvgIpc) is 2.79. The molecule has 1 saturated heterocycles. The van der Waals surface area contributed by atoms with Crippen LogP contribution in [0.4, 0.5) is 11.4 Å². The highest BCUT2D eigenvalue weighted by atomic mass is 16.2. The van der Waals surface area contributed by atoms with E-state index in [0.29, 0.717) is 6.04 Å². The third kappa shape index (κ3) is 3.73. The first kappa shape index (κ1) is 18.5. The van der Waals surface area contributed by atoms with Crippen LogP contribution in [-0.2, 0) is 11.2 Å². The summed E-state index contributed by atoms with van der Waals surface area (Å²) < 4.78 is 0. The van der Waals surface area contributed by atoms with Crippen LogP contribution in [0, 0.1) is 5.92 Å². The number of amides is 1. The van der Waals surface area contributed by atoms with Gasteiger partial charge in [0.25, 0.3) is 0 Å². The molecule has 0 spiro atoms. The van der Waals surface area contributed by atoms with Crippen LogP contribution in [0.3, 0.4) is 0 Å². The van der Waals surface area contributed by atoms with Crippen LogP contribution in [0.1, 0.15) is 37.7 Å². The number of carbonyl (C=O) groups excluding carboxylic acids is 1. The van der Waals surface area contributed by atoms with Crippen LogP contribution in [0.25, 0.3) is 0 Å². The Hall–Kier alpha value is -2.49. The van der Waals surface area contributed by atoms with Crippen molar-refractivity contribution >= 4 is 17.3 Å². The van der Waals surface area contributed by atoms with Gasteiger partial charge in [-0.15, -0.1) is 0 Å². The molecule has 5 rings (SSSR count). The van der Waals surface area contributed by atoms with E-state index in [1.54, 1.807) is 0 Å². The number of rotatable bonds is 3. The van der Waals surface area contributed by atoms with Crippen molar-refractivity contribution in [2.45, 2.75) is 50.6 Å². The Balaban J connectivity index is 1.40. The topological polar surface area (TPSA) is 35.6 Å². The molecule has 2 atom stereocenters. The Kier molecular flexibility index (Phi) is 5.17. The Bertz CT molecular complexity index is 846. The lowest BCUT2D eigenvalue weighted by Crippen LogP contribution is -2.61. The van der Waals surface area contributed by atoms with Crippen LogP contribution < -0.4 is 15.1 Å². The summed E-state index contributed by atoms with van der Waals surface area (Å²) in [6, 6.07) is 19.9. The van der Waals surface area contributed by atoms with Gasteiger partial charge in [-0.3, -0.25) is 4.79 Å². The lowest BCUT2D eigenvalue weighted by atomic mass is 9.82. The number of hydrogen-bond donors (Lipinski definition) is 1. The standard InChI is InChI=1S/C25H31N3O/c29-25(26-20-10-3-1-4-11-20)22-17-19-9-7-8-14-23(19)28-16-15-27(18-24(22)28)21-12-5-2-6-13-21/h2,5-9,12-14,20,22,24H,1,3-4,10-11,15-18H2,(H,26,29)/t22-,24-/m0/s1. The van der Waals surface area contributed by atoms with Gasteiger partial charge in [-0.2, -0.15) is 0 Å². The van der Waals surface area contributed by atoms with Gasteiger partial charge in [-0.25, -0.2) is 0 Å². The zero-order valence-corrected chi connectivity index (χ0v) is 17.1. The normalized spacial score (nSPS) is 24.6. The molecule has 2 fully saturated rings. The second-order valence-electron chi connectivity index (χ2n) is 8.83. The number of anilines is 2. The first-order valence-electron chi connectivity index (χ1n) is 11.2. The molecule has 29 heavy (non-hydrogen) atoms. The highest BCUT2D eigenvalue weighted by Gasteiger charge is 2.41. The Labute approximate surface area is 173 Å². The molecular formula is C25H31N3O. The molecule has 1 aliphatic carbocycles. The average molecular weight is 390 g/mol. The number of piperazine rings is 1. The molecule has 2 heterocycles. The fraction of sp³-hybridized carbons (Fsp3) is 0.480. The van der Waals surface area contributed by atoms with E-state index >= 15 is 0 Å². The summed E-state index contributed by atoms with van der Waals surface area (Å²) >= 11 is 0. The first-order chi connectivity index (χ1) is 14.3. The number of nitrogens with zero attached hydrogens (tertiary/aromatic N) is 2. The summed E-state index contributed by atoms with van der Waals surface area (Å²) in [5.41, 5.74) is 3.91. The third-order valence-corrected chi connectivity index (χ3v) is 7.03. The Morgan fingerprint density at radius 3 is 2.48 bits per heavy atom. The molecule has 2 aromatic carbocycles. The van der Waals surface area contributed by atoms with Gasteiger partial charge in [0.15, 0.2) is 0 Å². The van der Waals surface area contributed by atoms with E-state index in [2.05, 4.69) is 69.7 Å². The fourth-order valence-corrected chi connectivity index (χ4v) is 5.49. The molecule has 1 N–H and O–H groups in total. The Morgan fingerprint density at radius 1 is 0.897 bits per heavy atom. The largest absolute Gasteiger partial charge is 0.368 e. The lowest BCUT2D eigenvalue weighted by molar-refractivity contribution is -0.126. The van der Waals surface area contributed by atoms with Gasteiger partial charge in [-0.1, -0.05) is 55.7 Å². The molecule has 0 radical (unpaired) electrons. The van der Waals surface area contributed by atoms with Crippen LogP contribution in [0.5, 0.6) is 0 Å². The maximum atomic E-state index is 13.4. The first-order valence-corrected chi connectivity index (χ1v) is 11.2. The molecular weight excluding hydrogens is 358 g/mol. The van der Waals surface area contributed by atoms with Crippen molar-refractivity contribution in [3.8, 4) is 0 Å². The van der Waals surface area contributed by atoms with E-state index in [-0.39, 0.29) is 17.9 Å². The minimum atomic E-state index is 0.0124. The van der Waals surface area contributed by atoms with Crippen molar-refractivity contribution in [2.75, 3.05) is 29.4 Å². The van der Waals surface area contributed by atoms with Crippen molar-refractivity contribution in [2.24, 2.45) is 5.92 Å². The highest BCUT2D eigenvalue weighted by Crippen LogP contribution is 2.37. The summed E-state index contributed by atoms with van der Waals surface area (Å²) in [5.74, 6) is 0.273. The smallest absolute Gasteiger partial charge is 0.225 e. The van der Waals surface area contributed by atoms with Crippen LogP contribution in [0.2, 0.25) is 0 Å². The van der Waals surface area contributed by atoms with E-state index in [1.165, 1.54) is 36.2 Å². The summed E-state index contributed by atoms with van der Waals surface area (Å²) in [6.45, 7) is 2.86. The van der Waals surface area contributed by atoms with Crippen LogP contribution >= 0.6 is 0 Å². The molecule has 4 heteroatoms. The maximum Gasteiger partial charge on any atom is 0.225 e. The van der Waals surface area contributed by atoms with Gasteiger partial charge in [-0.05, 0) is 43.0 Å². The van der Waals surface area contributed by atoms with E-state index in [1.807, 2.05) is 0 Å². The quantitative estimate of drug-likeness (QED) is 0.862. The minimum absolute atomic E-state index is 0.0124. The van der Waals surface area contributed by atoms with Crippen molar-refractivity contribution in [1.29, 1.82) is 0 Å². The second-order valence-corrected chi connectivity index (χ2v) is 8.83. The van der Waals surface area contributed by atoms with E-state index in [4.69, 9.17) is 0 Å². The van der Waals surface area contributed by atoms with Crippen LogP contribution in [-0.4, -0.2) is 37.6 Å². The number of carbonyl (C=O) groups is 1. The zero-order chi connectivity index (χ0) is 19.6. The molecule has 0 bridgehead atoms. The van der Waals surface area contributed by atoms with E-state index in [9.17, 15) is 4.79 Å². The predicted octanol–water partition coefficient (Wildman–Crippen LogP) is 4.00. The maximum absolute atomic E-state index is 13.4. The predicted molar refractivity (Wildman–Crippen MR) is 118 cm³/mol.